The van der Waals surface area contributed by atoms with E-state index in [0.29, 0.717) is 5.69 Å². The topological polar surface area (TPSA) is 101 Å². The highest BCUT2D eigenvalue weighted by Gasteiger charge is 2.24. The molecule has 0 aliphatic rings. The van der Waals surface area contributed by atoms with Gasteiger partial charge >= 0.3 is 0 Å². The highest BCUT2D eigenvalue weighted by molar-refractivity contribution is 7.89. The highest BCUT2D eigenvalue weighted by atomic mass is 32.2. The molecule has 0 fully saturated rings. The van der Waals surface area contributed by atoms with Crippen LogP contribution in [0.15, 0.2) is 29.2 Å². The molecule has 4 N–H and O–H groups in total. The van der Waals surface area contributed by atoms with Gasteiger partial charge in [-0.25, -0.2) is 13.1 Å². The van der Waals surface area contributed by atoms with Gasteiger partial charge in [0.25, 0.3) is 0 Å². The molecular formula is C11H17N3O3S. The predicted molar refractivity (Wildman–Crippen MR) is 69.6 cm³/mol. The molecule has 7 heteroatoms. The second kappa shape index (κ2) is 4.95. The largest absolute Gasteiger partial charge is 0.372 e. The van der Waals surface area contributed by atoms with Gasteiger partial charge in [-0.1, -0.05) is 0 Å². The first-order valence-electron chi connectivity index (χ1n) is 5.31. The van der Waals surface area contributed by atoms with Crippen molar-refractivity contribution in [3.63, 3.8) is 0 Å². The van der Waals surface area contributed by atoms with Crippen molar-refractivity contribution < 1.29 is 13.2 Å². The SMILES string of the molecule is CNS(=O)(=O)c1ccc(NC(C)(C)C(N)=O)cc1. The first-order valence-corrected chi connectivity index (χ1v) is 6.79. The lowest BCUT2D eigenvalue weighted by molar-refractivity contribution is -0.121. The zero-order valence-corrected chi connectivity index (χ0v) is 11.3. The van der Waals surface area contributed by atoms with Gasteiger partial charge in [0.05, 0.1) is 4.90 Å². The number of benzene rings is 1. The Hall–Kier alpha value is -1.60. The van der Waals surface area contributed by atoms with Gasteiger partial charge in [0, 0.05) is 5.69 Å². The maximum Gasteiger partial charge on any atom is 0.242 e. The summed E-state index contributed by atoms with van der Waals surface area (Å²) in [6, 6.07) is 6.06. The van der Waals surface area contributed by atoms with Crippen LogP contribution in [0.25, 0.3) is 0 Å². The molecule has 0 saturated heterocycles. The minimum atomic E-state index is -3.44. The quantitative estimate of drug-likeness (QED) is 0.715. The molecule has 1 aromatic rings. The number of carbonyl (C=O) groups excluding carboxylic acids is 1. The molecule has 0 unspecified atom stereocenters. The van der Waals surface area contributed by atoms with Crippen molar-refractivity contribution in [3.05, 3.63) is 24.3 Å². The summed E-state index contributed by atoms with van der Waals surface area (Å²) in [6.45, 7) is 3.29. The van der Waals surface area contributed by atoms with Crippen LogP contribution in [0.2, 0.25) is 0 Å². The van der Waals surface area contributed by atoms with Gasteiger partial charge in [0.2, 0.25) is 15.9 Å². The fraction of sp³-hybridized carbons (Fsp3) is 0.364. The Kier molecular flexibility index (Phi) is 3.98. The lowest BCUT2D eigenvalue weighted by Gasteiger charge is -2.23. The van der Waals surface area contributed by atoms with Gasteiger partial charge in [0.1, 0.15) is 5.54 Å². The van der Waals surface area contributed by atoms with E-state index < -0.39 is 21.5 Å². The standard InChI is InChI=1S/C11H17N3O3S/c1-11(2,10(12)15)14-8-4-6-9(7-5-8)18(16,17)13-3/h4-7,13-14H,1-3H3,(H2,12,15). The Labute approximate surface area is 107 Å². The van der Waals surface area contributed by atoms with Crippen molar-refractivity contribution in [3.8, 4) is 0 Å². The first-order chi connectivity index (χ1) is 8.19. The van der Waals surface area contributed by atoms with E-state index in [1.807, 2.05) is 0 Å². The molecule has 1 aromatic carbocycles. The normalized spacial score (nSPS) is 12.2. The lowest BCUT2D eigenvalue weighted by atomic mass is 10.0. The zero-order valence-electron chi connectivity index (χ0n) is 10.5. The Balaban J connectivity index is 2.95. The molecule has 100 valence electrons. The monoisotopic (exact) mass is 271 g/mol. The highest BCUT2D eigenvalue weighted by Crippen LogP contribution is 2.17. The molecular weight excluding hydrogens is 254 g/mol. The van der Waals surface area contributed by atoms with Crippen LogP contribution < -0.4 is 15.8 Å². The summed E-state index contributed by atoms with van der Waals surface area (Å²) >= 11 is 0. The van der Waals surface area contributed by atoms with Crippen LogP contribution in [0.4, 0.5) is 5.69 Å². The third-order valence-corrected chi connectivity index (χ3v) is 3.94. The van der Waals surface area contributed by atoms with E-state index >= 15 is 0 Å². The van der Waals surface area contributed by atoms with Gasteiger partial charge in [0.15, 0.2) is 0 Å². The number of nitrogens with one attached hydrogen (secondary N) is 2. The number of amides is 1. The molecule has 0 heterocycles. The number of rotatable bonds is 5. The van der Waals surface area contributed by atoms with E-state index in [1.54, 1.807) is 26.0 Å². The van der Waals surface area contributed by atoms with Crippen molar-refractivity contribution in [1.29, 1.82) is 0 Å². The van der Waals surface area contributed by atoms with Gasteiger partial charge in [-0.3, -0.25) is 4.79 Å². The Morgan fingerprint density at radius 2 is 1.72 bits per heavy atom. The molecule has 0 bridgehead atoms. The van der Waals surface area contributed by atoms with E-state index in [4.69, 9.17) is 5.73 Å². The third kappa shape index (κ3) is 3.21. The molecule has 0 saturated carbocycles. The van der Waals surface area contributed by atoms with Crippen LogP contribution in [0.5, 0.6) is 0 Å². The van der Waals surface area contributed by atoms with Crippen LogP contribution in [0.1, 0.15) is 13.8 Å². The molecule has 0 atom stereocenters. The lowest BCUT2D eigenvalue weighted by Crippen LogP contribution is -2.45. The third-order valence-electron chi connectivity index (χ3n) is 2.51. The zero-order chi connectivity index (χ0) is 14.0. The molecule has 1 amide bonds. The maximum atomic E-state index is 11.5. The van der Waals surface area contributed by atoms with E-state index in [2.05, 4.69) is 10.0 Å². The van der Waals surface area contributed by atoms with Crippen molar-refractivity contribution in [2.24, 2.45) is 5.73 Å². The fourth-order valence-corrected chi connectivity index (χ4v) is 1.99. The molecule has 18 heavy (non-hydrogen) atoms. The summed E-state index contributed by atoms with van der Waals surface area (Å²) in [6.07, 6.45) is 0. The molecule has 1 rings (SSSR count). The summed E-state index contributed by atoms with van der Waals surface area (Å²) < 4.78 is 25.2. The number of sulfonamides is 1. The number of hydrogen-bond acceptors (Lipinski definition) is 4. The van der Waals surface area contributed by atoms with Gasteiger partial charge in [-0.05, 0) is 45.2 Å². The average molecular weight is 271 g/mol. The first kappa shape index (κ1) is 14.5. The molecule has 0 aliphatic heterocycles. The molecule has 0 aromatic heterocycles. The minimum absolute atomic E-state index is 0.160. The van der Waals surface area contributed by atoms with E-state index in [1.165, 1.54) is 19.2 Å². The Bertz CT molecular complexity index is 535. The molecule has 0 aliphatic carbocycles. The van der Waals surface area contributed by atoms with Crippen LogP contribution in [-0.4, -0.2) is 26.9 Å². The van der Waals surface area contributed by atoms with Crippen LogP contribution in [0, 0.1) is 0 Å². The van der Waals surface area contributed by atoms with Crippen LogP contribution >= 0.6 is 0 Å². The molecule has 0 radical (unpaired) electrons. The number of primary amides is 1. The summed E-state index contributed by atoms with van der Waals surface area (Å²) in [5.41, 5.74) is 4.95. The molecule has 6 nitrogen and oxygen atoms in total. The van der Waals surface area contributed by atoms with E-state index in [9.17, 15) is 13.2 Å². The van der Waals surface area contributed by atoms with Crippen molar-refractivity contribution in [2.45, 2.75) is 24.3 Å². The van der Waals surface area contributed by atoms with Crippen molar-refractivity contribution in [1.82, 2.24) is 4.72 Å². The smallest absolute Gasteiger partial charge is 0.242 e. The van der Waals surface area contributed by atoms with E-state index in [-0.39, 0.29) is 4.90 Å². The number of hydrogen-bond donors (Lipinski definition) is 3. The van der Waals surface area contributed by atoms with Crippen molar-refractivity contribution in [2.75, 3.05) is 12.4 Å². The van der Waals surface area contributed by atoms with Crippen molar-refractivity contribution >= 4 is 21.6 Å². The summed E-state index contributed by atoms with van der Waals surface area (Å²) in [5.74, 6) is -0.491. The van der Waals surface area contributed by atoms with Crippen LogP contribution in [0.3, 0.4) is 0 Å². The number of anilines is 1. The second-order valence-electron chi connectivity index (χ2n) is 4.35. The van der Waals surface area contributed by atoms with Crippen LogP contribution in [-0.2, 0) is 14.8 Å². The maximum absolute atomic E-state index is 11.5. The Morgan fingerprint density at radius 1 is 1.22 bits per heavy atom. The van der Waals surface area contributed by atoms with Gasteiger partial charge < -0.3 is 11.1 Å². The second-order valence-corrected chi connectivity index (χ2v) is 6.23. The minimum Gasteiger partial charge on any atom is -0.372 e. The number of nitrogens with two attached hydrogens (primary N) is 1. The van der Waals surface area contributed by atoms with Gasteiger partial charge in [-0.15, -0.1) is 0 Å². The summed E-state index contributed by atoms with van der Waals surface area (Å²) in [4.78, 5) is 11.3. The summed E-state index contributed by atoms with van der Waals surface area (Å²) in [7, 11) is -2.10. The fourth-order valence-electron chi connectivity index (χ4n) is 1.26. The predicted octanol–water partition coefficient (Wildman–Crippen LogP) is 0.271. The van der Waals surface area contributed by atoms with Gasteiger partial charge in [-0.2, -0.15) is 0 Å². The number of carbonyl (C=O) groups is 1. The average Bonchev–Trinajstić information content (AvgIpc) is 2.29. The van der Waals surface area contributed by atoms with E-state index in [0.717, 1.165) is 0 Å². The summed E-state index contributed by atoms with van der Waals surface area (Å²) in [5, 5.41) is 2.92. The molecule has 0 spiro atoms. The Morgan fingerprint density at radius 3 is 2.11 bits per heavy atom.